The number of carbonyl (C=O) groups excluding carboxylic acids is 1. The van der Waals surface area contributed by atoms with Gasteiger partial charge in [-0.2, -0.15) is 15.2 Å². The Hall–Kier alpha value is -3.15. The quantitative estimate of drug-likeness (QED) is 0.464. The SMILES string of the molecule is CC1=NN(c2ccc(C(C)(C)C)cc2)C(=O)/C1=N\Nc1cccc(C2CCCCC2)c1O. The van der Waals surface area contributed by atoms with E-state index in [1.807, 2.05) is 36.4 Å². The lowest BCUT2D eigenvalue weighted by Crippen LogP contribution is -2.28. The number of nitrogens with one attached hydrogen (secondary N) is 1. The van der Waals surface area contributed by atoms with Gasteiger partial charge in [0.15, 0.2) is 5.71 Å². The average molecular weight is 433 g/mol. The van der Waals surface area contributed by atoms with Crippen LogP contribution in [0.4, 0.5) is 11.4 Å². The first-order chi connectivity index (χ1) is 15.3. The predicted molar refractivity (Wildman–Crippen MR) is 131 cm³/mol. The minimum absolute atomic E-state index is 0.0391. The number of hydrazone groups is 2. The highest BCUT2D eigenvalue weighted by molar-refractivity contribution is 6.71. The summed E-state index contributed by atoms with van der Waals surface area (Å²) in [7, 11) is 0. The molecular weight excluding hydrogens is 400 g/mol. The highest BCUT2D eigenvalue weighted by atomic mass is 16.3. The number of nitrogens with zero attached hydrogens (tertiary/aromatic N) is 3. The summed E-state index contributed by atoms with van der Waals surface area (Å²) in [5.74, 6) is 0.306. The van der Waals surface area contributed by atoms with Crippen molar-refractivity contribution < 1.29 is 9.90 Å². The highest BCUT2D eigenvalue weighted by Crippen LogP contribution is 2.40. The fourth-order valence-corrected chi connectivity index (χ4v) is 4.41. The van der Waals surface area contributed by atoms with Gasteiger partial charge in [-0.3, -0.25) is 10.2 Å². The molecule has 1 aliphatic carbocycles. The van der Waals surface area contributed by atoms with E-state index in [2.05, 4.69) is 36.4 Å². The normalized spacial score (nSPS) is 18.9. The van der Waals surface area contributed by atoms with E-state index in [-0.39, 0.29) is 22.8 Å². The van der Waals surface area contributed by atoms with Crippen molar-refractivity contribution in [1.29, 1.82) is 0 Å². The summed E-state index contributed by atoms with van der Waals surface area (Å²) in [6.45, 7) is 8.22. The zero-order valence-electron chi connectivity index (χ0n) is 19.4. The zero-order chi connectivity index (χ0) is 22.9. The van der Waals surface area contributed by atoms with Crippen LogP contribution < -0.4 is 10.4 Å². The van der Waals surface area contributed by atoms with Crippen molar-refractivity contribution in [3.05, 3.63) is 53.6 Å². The molecule has 1 amide bonds. The minimum atomic E-state index is -0.290. The van der Waals surface area contributed by atoms with Gasteiger partial charge in [0, 0.05) is 0 Å². The Morgan fingerprint density at radius 2 is 1.75 bits per heavy atom. The fourth-order valence-electron chi connectivity index (χ4n) is 4.41. The van der Waals surface area contributed by atoms with Gasteiger partial charge in [-0.15, -0.1) is 0 Å². The van der Waals surface area contributed by atoms with E-state index < -0.39 is 0 Å². The number of anilines is 2. The number of phenols is 1. The predicted octanol–water partition coefficient (Wildman–Crippen LogP) is 5.93. The van der Waals surface area contributed by atoms with Crippen LogP contribution in [0.15, 0.2) is 52.7 Å². The molecule has 0 atom stereocenters. The minimum Gasteiger partial charge on any atom is -0.505 e. The fraction of sp³-hybridized carbons (Fsp3) is 0.423. The standard InChI is InChI=1S/C26H32N4O2/c1-17-23(25(32)30(29-17)20-15-13-19(14-16-20)26(2,3)4)28-27-22-12-8-11-21(24(22)31)18-9-6-5-7-10-18/h8,11-16,18,27,31H,5-7,9-10H2,1-4H3/b28-23-. The van der Waals surface area contributed by atoms with Crippen LogP contribution in [0.5, 0.6) is 5.75 Å². The Balaban J connectivity index is 1.52. The van der Waals surface area contributed by atoms with Crippen LogP contribution in [0, 0.1) is 0 Å². The van der Waals surface area contributed by atoms with E-state index >= 15 is 0 Å². The van der Waals surface area contributed by atoms with Gasteiger partial charge in [-0.1, -0.05) is 64.3 Å². The molecule has 0 radical (unpaired) electrons. The lowest BCUT2D eigenvalue weighted by Gasteiger charge is -2.23. The third-order valence-electron chi connectivity index (χ3n) is 6.37. The van der Waals surface area contributed by atoms with Crippen LogP contribution in [-0.4, -0.2) is 22.4 Å². The third kappa shape index (κ3) is 4.40. The van der Waals surface area contributed by atoms with Gasteiger partial charge in [0.25, 0.3) is 0 Å². The first-order valence-corrected chi connectivity index (χ1v) is 11.4. The average Bonchev–Trinajstić information content (AvgIpc) is 3.06. The van der Waals surface area contributed by atoms with Crippen molar-refractivity contribution >= 4 is 28.7 Å². The Labute approximate surface area is 190 Å². The van der Waals surface area contributed by atoms with Crippen LogP contribution in [0.25, 0.3) is 0 Å². The Bertz CT molecular complexity index is 1060. The largest absolute Gasteiger partial charge is 0.505 e. The molecule has 4 rings (SSSR count). The topological polar surface area (TPSA) is 77.3 Å². The summed E-state index contributed by atoms with van der Waals surface area (Å²) < 4.78 is 0. The van der Waals surface area contributed by atoms with E-state index in [0.717, 1.165) is 18.4 Å². The van der Waals surface area contributed by atoms with Gasteiger partial charge in [0.1, 0.15) is 5.75 Å². The molecule has 1 saturated carbocycles. The first-order valence-electron chi connectivity index (χ1n) is 11.4. The number of phenolic OH excluding ortho intramolecular Hbond substituents is 1. The third-order valence-corrected chi connectivity index (χ3v) is 6.37. The molecule has 6 nitrogen and oxygen atoms in total. The van der Waals surface area contributed by atoms with Crippen LogP contribution in [0.2, 0.25) is 0 Å². The number of carbonyl (C=O) groups is 1. The van der Waals surface area contributed by atoms with E-state index in [1.54, 1.807) is 13.0 Å². The zero-order valence-corrected chi connectivity index (χ0v) is 19.4. The second-order valence-corrected chi connectivity index (χ2v) is 9.75. The number of para-hydroxylation sites is 1. The number of aromatic hydroxyl groups is 1. The van der Waals surface area contributed by atoms with E-state index in [9.17, 15) is 9.90 Å². The molecule has 2 aliphatic rings. The molecule has 0 unspecified atom stereocenters. The van der Waals surface area contributed by atoms with Gasteiger partial charge in [-0.25, -0.2) is 0 Å². The lowest BCUT2D eigenvalue weighted by molar-refractivity contribution is -0.112. The summed E-state index contributed by atoms with van der Waals surface area (Å²) in [6.07, 6.45) is 5.85. The smallest absolute Gasteiger partial charge is 0.301 e. The molecule has 0 bridgehead atoms. The first kappa shape index (κ1) is 22.1. The molecule has 1 heterocycles. The molecule has 1 aliphatic heterocycles. The number of amides is 1. The van der Waals surface area contributed by atoms with Crippen LogP contribution in [-0.2, 0) is 10.2 Å². The molecule has 1 fully saturated rings. The lowest BCUT2D eigenvalue weighted by atomic mass is 9.83. The maximum atomic E-state index is 13.0. The monoisotopic (exact) mass is 432 g/mol. The molecule has 0 saturated heterocycles. The van der Waals surface area contributed by atoms with Crippen molar-refractivity contribution in [2.24, 2.45) is 10.2 Å². The Morgan fingerprint density at radius 3 is 2.41 bits per heavy atom. The van der Waals surface area contributed by atoms with Gasteiger partial charge in [0.2, 0.25) is 0 Å². The van der Waals surface area contributed by atoms with Gasteiger partial charge >= 0.3 is 5.91 Å². The molecule has 2 aromatic carbocycles. The molecule has 32 heavy (non-hydrogen) atoms. The van der Waals surface area contributed by atoms with E-state index in [4.69, 9.17) is 0 Å². The summed E-state index contributed by atoms with van der Waals surface area (Å²) in [4.78, 5) is 13.0. The van der Waals surface area contributed by atoms with Crippen molar-refractivity contribution in [3.8, 4) is 5.75 Å². The maximum absolute atomic E-state index is 13.0. The Kier molecular flexibility index (Phi) is 6.04. The number of benzene rings is 2. The van der Waals surface area contributed by atoms with Crippen LogP contribution in [0.1, 0.15) is 76.8 Å². The van der Waals surface area contributed by atoms with Gasteiger partial charge < -0.3 is 5.11 Å². The van der Waals surface area contributed by atoms with Crippen molar-refractivity contribution in [3.63, 3.8) is 0 Å². The summed E-state index contributed by atoms with van der Waals surface area (Å²) >= 11 is 0. The summed E-state index contributed by atoms with van der Waals surface area (Å²) in [6, 6.07) is 13.6. The molecule has 2 N–H and O–H groups in total. The second-order valence-electron chi connectivity index (χ2n) is 9.75. The van der Waals surface area contributed by atoms with E-state index in [1.165, 1.54) is 29.8 Å². The Morgan fingerprint density at radius 1 is 1.06 bits per heavy atom. The molecular formula is C26H32N4O2. The number of hydrogen-bond acceptors (Lipinski definition) is 5. The molecule has 168 valence electrons. The van der Waals surface area contributed by atoms with E-state index in [0.29, 0.717) is 23.0 Å². The second kappa shape index (κ2) is 8.77. The number of rotatable bonds is 4. The van der Waals surface area contributed by atoms with Crippen molar-refractivity contribution in [1.82, 2.24) is 0 Å². The van der Waals surface area contributed by atoms with Gasteiger partial charge in [0.05, 0.1) is 17.1 Å². The molecule has 0 aromatic heterocycles. The van der Waals surface area contributed by atoms with Crippen LogP contribution >= 0.6 is 0 Å². The number of hydrogen-bond donors (Lipinski definition) is 2. The summed E-state index contributed by atoms with van der Waals surface area (Å²) in [5, 5.41) is 20.9. The van der Waals surface area contributed by atoms with Crippen molar-refractivity contribution in [2.75, 3.05) is 10.4 Å². The molecule has 6 heteroatoms. The summed E-state index contributed by atoms with van der Waals surface area (Å²) in [5.41, 5.74) is 7.08. The maximum Gasteiger partial charge on any atom is 0.301 e. The van der Waals surface area contributed by atoms with Crippen LogP contribution in [0.3, 0.4) is 0 Å². The molecule has 2 aromatic rings. The highest BCUT2D eigenvalue weighted by Gasteiger charge is 2.31. The molecule has 0 spiro atoms. The van der Waals surface area contributed by atoms with Crippen molar-refractivity contribution in [2.45, 2.75) is 71.1 Å². The van der Waals surface area contributed by atoms with Gasteiger partial charge in [-0.05, 0) is 60.4 Å².